The summed E-state index contributed by atoms with van der Waals surface area (Å²) in [6, 6.07) is 9.11. The number of benzene rings is 1. The Balaban J connectivity index is 1.57. The fourth-order valence-electron chi connectivity index (χ4n) is 3.53. The molecular weight excluding hydrogens is 379 g/mol. The number of halogens is 1. The van der Waals surface area contributed by atoms with E-state index < -0.39 is 0 Å². The lowest BCUT2D eigenvalue weighted by Gasteiger charge is -2.33. The molecule has 6 nitrogen and oxygen atoms in total. The molecule has 2 heterocycles. The van der Waals surface area contributed by atoms with Crippen molar-refractivity contribution in [1.29, 1.82) is 0 Å². The van der Waals surface area contributed by atoms with Gasteiger partial charge in [0.1, 0.15) is 11.6 Å². The SMILES string of the molecule is CCNC(=NCc1ccnc(N2CCN(C)CC2)c1)NCCc1ccc(F)cc1C. The smallest absolute Gasteiger partial charge is 0.191 e. The van der Waals surface area contributed by atoms with E-state index in [0.717, 1.165) is 74.2 Å². The van der Waals surface area contributed by atoms with Crippen LogP contribution in [0, 0.1) is 12.7 Å². The van der Waals surface area contributed by atoms with E-state index in [2.05, 4.69) is 45.5 Å². The van der Waals surface area contributed by atoms with Gasteiger partial charge in [-0.25, -0.2) is 14.4 Å². The summed E-state index contributed by atoms with van der Waals surface area (Å²) in [7, 11) is 2.16. The van der Waals surface area contributed by atoms with Gasteiger partial charge < -0.3 is 20.4 Å². The van der Waals surface area contributed by atoms with Crippen molar-refractivity contribution in [3.8, 4) is 0 Å². The highest BCUT2D eigenvalue weighted by molar-refractivity contribution is 5.79. The van der Waals surface area contributed by atoms with Crippen LogP contribution in [-0.2, 0) is 13.0 Å². The summed E-state index contributed by atoms with van der Waals surface area (Å²) >= 11 is 0. The second-order valence-corrected chi connectivity index (χ2v) is 7.76. The fraction of sp³-hybridized carbons (Fsp3) is 0.478. The van der Waals surface area contributed by atoms with Gasteiger partial charge in [-0.1, -0.05) is 6.07 Å². The molecule has 1 aliphatic heterocycles. The number of aliphatic imine (C=N–C) groups is 1. The Kier molecular flexibility index (Phi) is 8.02. The Morgan fingerprint density at radius 3 is 2.67 bits per heavy atom. The van der Waals surface area contributed by atoms with E-state index >= 15 is 0 Å². The first-order valence-corrected chi connectivity index (χ1v) is 10.7. The van der Waals surface area contributed by atoms with Crippen LogP contribution in [0.1, 0.15) is 23.6 Å². The normalized spacial score (nSPS) is 15.3. The molecule has 0 amide bonds. The molecule has 0 spiro atoms. The maximum absolute atomic E-state index is 13.3. The largest absolute Gasteiger partial charge is 0.357 e. The molecule has 2 aromatic rings. The number of aromatic nitrogens is 1. The second-order valence-electron chi connectivity index (χ2n) is 7.76. The summed E-state index contributed by atoms with van der Waals surface area (Å²) in [5.41, 5.74) is 3.27. The third-order valence-corrected chi connectivity index (χ3v) is 5.39. The summed E-state index contributed by atoms with van der Waals surface area (Å²) in [4.78, 5) is 14.0. The highest BCUT2D eigenvalue weighted by atomic mass is 19.1. The van der Waals surface area contributed by atoms with Gasteiger partial charge in [-0.3, -0.25) is 0 Å². The molecule has 1 saturated heterocycles. The molecule has 1 aromatic heterocycles. The maximum Gasteiger partial charge on any atom is 0.191 e. The molecular formula is C23H33FN6. The molecule has 0 unspecified atom stereocenters. The zero-order chi connectivity index (χ0) is 21.3. The molecule has 0 bridgehead atoms. The number of piperazine rings is 1. The first kappa shape index (κ1) is 22.0. The number of hydrogen-bond acceptors (Lipinski definition) is 4. The fourth-order valence-corrected chi connectivity index (χ4v) is 3.53. The average Bonchev–Trinajstić information content (AvgIpc) is 2.74. The van der Waals surface area contributed by atoms with Crippen molar-refractivity contribution in [2.45, 2.75) is 26.8 Å². The summed E-state index contributed by atoms with van der Waals surface area (Å²) in [5, 5.41) is 6.67. The molecule has 0 radical (unpaired) electrons. The third-order valence-electron chi connectivity index (χ3n) is 5.39. The van der Waals surface area contributed by atoms with E-state index in [0.29, 0.717) is 6.54 Å². The quantitative estimate of drug-likeness (QED) is 0.541. The summed E-state index contributed by atoms with van der Waals surface area (Å²) < 4.78 is 13.3. The number of rotatable bonds is 7. The minimum atomic E-state index is -0.188. The van der Waals surface area contributed by atoms with Gasteiger partial charge in [-0.2, -0.15) is 0 Å². The van der Waals surface area contributed by atoms with E-state index in [1.54, 1.807) is 6.07 Å². The van der Waals surface area contributed by atoms with Crippen LogP contribution in [0.2, 0.25) is 0 Å². The average molecular weight is 413 g/mol. The molecule has 1 aliphatic rings. The Hall–Kier alpha value is -2.67. The van der Waals surface area contributed by atoms with E-state index in [4.69, 9.17) is 4.99 Å². The number of nitrogens with one attached hydrogen (secondary N) is 2. The van der Waals surface area contributed by atoms with Gasteiger partial charge in [0.15, 0.2) is 5.96 Å². The molecule has 2 N–H and O–H groups in total. The predicted octanol–water partition coefficient (Wildman–Crippen LogP) is 2.58. The first-order valence-electron chi connectivity index (χ1n) is 10.7. The minimum absolute atomic E-state index is 0.188. The predicted molar refractivity (Wildman–Crippen MR) is 122 cm³/mol. The van der Waals surface area contributed by atoms with Crippen LogP contribution in [0.15, 0.2) is 41.5 Å². The van der Waals surface area contributed by atoms with E-state index in [1.807, 2.05) is 25.3 Å². The van der Waals surface area contributed by atoms with Crippen LogP contribution in [0.3, 0.4) is 0 Å². The standard InChI is InChI=1S/C23H33FN6/c1-4-25-23(27-10-8-20-5-6-21(24)15-18(20)2)28-17-19-7-9-26-22(16-19)30-13-11-29(3)12-14-30/h5-7,9,15-16H,4,8,10-14,17H2,1-3H3,(H2,25,27,28). The molecule has 1 aromatic carbocycles. The monoisotopic (exact) mass is 412 g/mol. The van der Waals surface area contributed by atoms with Crippen LogP contribution >= 0.6 is 0 Å². The molecule has 30 heavy (non-hydrogen) atoms. The Morgan fingerprint density at radius 1 is 1.13 bits per heavy atom. The van der Waals surface area contributed by atoms with Crippen molar-refractivity contribution in [2.24, 2.45) is 4.99 Å². The Bertz CT molecular complexity index is 845. The van der Waals surface area contributed by atoms with E-state index in [1.165, 1.54) is 6.07 Å². The molecule has 0 atom stereocenters. The lowest BCUT2D eigenvalue weighted by molar-refractivity contribution is 0.312. The van der Waals surface area contributed by atoms with Crippen LogP contribution in [-0.4, -0.2) is 62.2 Å². The summed E-state index contributed by atoms with van der Waals surface area (Å²) in [6.45, 7) is 10.3. The lowest BCUT2D eigenvalue weighted by Crippen LogP contribution is -2.44. The highest BCUT2D eigenvalue weighted by Crippen LogP contribution is 2.15. The van der Waals surface area contributed by atoms with Crippen molar-refractivity contribution >= 4 is 11.8 Å². The topological polar surface area (TPSA) is 55.8 Å². The van der Waals surface area contributed by atoms with Crippen molar-refractivity contribution in [1.82, 2.24) is 20.5 Å². The Labute approximate surface area is 179 Å². The molecule has 7 heteroatoms. The number of anilines is 1. The molecule has 0 aliphatic carbocycles. The number of guanidine groups is 1. The van der Waals surface area contributed by atoms with E-state index in [-0.39, 0.29) is 5.82 Å². The molecule has 1 fully saturated rings. The van der Waals surface area contributed by atoms with Crippen molar-refractivity contribution < 1.29 is 4.39 Å². The minimum Gasteiger partial charge on any atom is -0.357 e. The van der Waals surface area contributed by atoms with Gasteiger partial charge in [-0.05, 0) is 68.3 Å². The second kappa shape index (κ2) is 10.9. The van der Waals surface area contributed by atoms with Gasteiger partial charge in [0, 0.05) is 45.5 Å². The third kappa shape index (κ3) is 6.42. The number of likely N-dealkylation sites (N-methyl/N-ethyl adjacent to an activating group) is 1. The first-order chi connectivity index (χ1) is 14.5. The van der Waals surface area contributed by atoms with Gasteiger partial charge in [0.05, 0.1) is 6.54 Å². The number of nitrogens with zero attached hydrogens (tertiary/aromatic N) is 4. The van der Waals surface area contributed by atoms with Crippen LogP contribution in [0.25, 0.3) is 0 Å². The highest BCUT2D eigenvalue weighted by Gasteiger charge is 2.15. The number of hydrogen-bond donors (Lipinski definition) is 2. The van der Waals surface area contributed by atoms with Crippen LogP contribution in [0.5, 0.6) is 0 Å². The Morgan fingerprint density at radius 2 is 1.93 bits per heavy atom. The van der Waals surface area contributed by atoms with Gasteiger partial charge in [0.25, 0.3) is 0 Å². The van der Waals surface area contributed by atoms with Gasteiger partial charge >= 0.3 is 0 Å². The molecule has 3 rings (SSSR count). The van der Waals surface area contributed by atoms with Crippen molar-refractivity contribution in [2.75, 3.05) is 51.2 Å². The zero-order valence-electron chi connectivity index (χ0n) is 18.3. The van der Waals surface area contributed by atoms with E-state index in [9.17, 15) is 4.39 Å². The van der Waals surface area contributed by atoms with Gasteiger partial charge in [0.2, 0.25) is 0 Å². The summed E-state index contributed by atoms with van der Waals surface area (Å²) in [6.07, 6.45) is 2.69. The van der Waals surface area contributed by atoms with Gasteiger partial charge in [-0.15, -0.1) is 0 Å². The van der Waals surface area contributed by atoms with Crippen LogP contribution in [0.4, 0.5) is 10.2 Å². The maximum atomic E-state index is 13.3. The molecule has 0 saturated carbocycles. The summed E-state index contributed by atoms with van der Waals surface area (Å²) in [5.74, 6) is 1.63. The number of pyridine rings is 1. The molecule has 162 valence electrons. The van der Waals surface area contributed by atoms with Crippen molar-refractivity contribution in [3.63, 3.8) is 0 Å². The van der Waals surface area contributed by atoms with Crippen LogP contribution < -0.4 is 15.5 Å². The van der Waals surface area contributed by atoms with Crippen molar-refractivity contribution in [3.05, 3.63) is 59.0 Å². The zero-order valence-corrected chi connectivity index (χ0v) is 18.3. The number of aryl methyl sites for hydroxylation is 1. The lowest BCUT2D eigenvalue weighted by atomic mass is 10.1.